The summed E-state index contributed by atoms with van der Waals surface area (Å²) in [5, 5.41) is 8.90. The Labute approximate surface area is 125 Å². The molecule has 1 rings (SSSR count). The quantitative estimate of drug-likeness (QED) is 0.590. The van der Waals surface area contributed by atoms with Gasteiger partial charge in [-0.25, -0.2) is 0 Å². The van der Waals surface area contributed by atoms with E-state index in [4.69, 9.17) is 10.00 Å². The van der Waals surface area contributed by atoms with Crippen molar-refractivity contribution in [2.24, 2.45) is 10.9 Å². The van der Waals surface area contributed by atoms with E-state index in [9.17, 15) is 4.79 Å². The third-order valence-corrected chi connectivity index (χ3v) is 2.79. The highest BCUT2D eigenvalue weighted by Gasteiger charge is 2.15. The van der Waals surface area contributed by atoms with Crippen molar-refractivity contribution >= 4 is 12.2 Å². The first-order chi connectivity index (χ1) is 10.1. The van der Waals surface area contributed by atoms with E-state index in [-0.39, 0.29) is 6.61 Å². The summed E-state index contributed by atoms with van der Waals surface area (Å²) in [4.78, 5) is 16.9. The van der Waals surface area contributed by atoms with Crippen LogP contribution in [-0.4, -0.2) is 32.9 Å². The van der Waals surface area contributed by atoms with Gasteiger partial charge in [0.25, 0.3) is 0 Å². The number of benzene rings is 1. The van der Waals surface area contributed by atoms with Crippen molar-refractivity contribution in [3.63, 3.8) is 0 Å². The number of rotatable bonds is 7. The zero-order valence-electron chi connectivity index (χ0n) is 12.8. The predicted molar refractivity (Wildman–Crippen MR) is 80.9 cm³/mol. The summed E-state index contributed by atoms with van der Waals surface area (Å²) >= 11 is 0. The summed E-state index contributed by atoms with van der Waals surface area (Å²) in [5.74, 6) is -1.48. The van der Waals surface area contributed by atoms with E-state index in [0.29, 0.717) is 6.54 Å². The second-order valence-corrected chi connectivity index (χ2v) is 5.05. The standard InChI is InChI=1S/C16H21N3O2/c1-4-21-16(20)15(9-17)11-18-10-13-5-7-14(8-6-13)12-19(2)3/h5-8,11,15H,4,10,12H2,1-3H3/p+1/t15-/m1/s1. The fraction of sp³-hybridized carbons (Fsp3) is 0.438. The van der Waals surface area contributed by atoms with E-state index in [1.54, 1.807) is 6.92 Å². The third kappa shape index (κ3) is 6.19. The summed E-state index contributed by atoms with van der Waals surface area (Å²) in [6, 6.07) is 10.1. The van der Waals surface area contributed by atoms with Crippen molar-refractivity contribution in [2.45, 2.75) is 20.0 Å². The Bertz CT molecular complexity index is 515. The first-order valence-corrected chi connectivity index (χ1v) is 6.99. The molecule has 1 aromatic carbocycles. The van der Waals surface area contributed by atoms with Gasteiger partial charge in [-0.15, -0.1) is 0 Å². The molecular formula is C16H22N3O2+. The van der Waals surface area contributed by atoms with Crippen LogP contribution in [-0.2, 0) is 22.6 Å². The van der Waals surface area contributed by atoms with Gasteiger partial charge in [-0.1, -0.05) is 24.3 Å². The minimum Gasteiger partial charge on any atom is -0.465 e. The molecule has 0 saturated carbocycles. The second-order valence-electron chi connectivity index (χ2n) is 5.05. The molecule has 112 valence electrons. The van der Waals surface area contributed by atoms with Crippen molar-refractivity contribution in [2.75, 3.05) is 20.7 Å². The van der Waals surface area contributed by atoms with E-state index in [0.717, 1.165) is 12.1 Å². The molecule has 0 aliphatic rings. The van der Waals surface area contributed by atoms with Crippen LogP contribution in [0.25, 0.3) is 0 Å². The highest BCUT2D eigenvalue weighted by Crippen LogP contribution is 2.05. The number of quaternary nitrogens is 1. The Morgan fingerprint density at radius 1 is 1.38 bits per heavy atom. The van der Waals surface area contributed by atoms with E-state index in [2.05, 4.69) is 31.2 Å². The highest BCUT2D eigenvalue weighted by molar-refractivity contribution is 5.92. The second kappa shape index (κ2) is 8.88. The Morgan fingerprint density at radius 3 is 2.52 bits per heavy atom. The van der Waals surface area contributed by atoms with Crippen molar-refractivity contribution < 1.29 is 14.4 Å². The highest BCUT2D eigenvalue weighted by atomic mass is 16.5. The molecule has 0 spiro atoms. The number of nitrogens with one attached hydrogen (secondary N) is 1. The van der Waals surface area contributed by atoms with Crippen LogP contribution in [0.4, 0.5) is 0 Å². The molecular weight excluding hydrogens is 266 g/mol. The first kappa shape index (κ1) is 16.9. The largest absolute Gasteiger partial charge is 0.465 e. The number of hydrogen-bond donors (Lipinski definition) is 1. The fourth-order valence-corrected chi connectivity index (χ4v) is 1.81. The average Bonchev–Trinajstić information content (AvgIpc) is 2.45. The Hall–Kier alpha value is -2.19. The minimum absolute atomic E-state index is 0.264. The number of esters is 1. The van der Waals surface area contributed by atoms with Crippen molar-refractivity contribution in [1.82, 2.24) is 0 Å². The predicted octanol–water partition coefficient (Wildman–Crippen LogP) is 0.605. The molecule has 0 saturated heterocycles. The van der Waals surface area contributed by atoms with Gasteiger partial charge in [0.05, 0.1) is 33.3 Å². The molecule has 5 heteroatoms. The number of hydrogen-bond acceptors (Lipinski definition) is 4. The zero-order chi connectivity index (χ0) is 15.7. The number of carbonyl (C=O) groups excluding carboxylic acids is 1. The average molecular weight is 288 g/mol. The van der Waals surface area contributed by atoms with E-state index >= 15 is 0 Å². The summed E-state index contributed by atoms with van der Waals surface area (Å²) in [5.41, 5.74) is 2.31. The number of ether oxygens (including phenoxy) is 1. The molecule has 0 heterocycles. The monoisotopic (exact) mass is 288 g/mol. The van der Waals surface area contributed by atoms with Crippen molar-refractivity contribution in [3.8, 4) is 6.07 Å². The molecule has 0 aliphatic carbocycles. The molecule has 0 aromatic heterocycles. The minimum atomic E-state index is -0.929. The lowest BCUT2D eigenvalue weighted by molar-refractivity contribution is -0.872. The third-order valence-electron chi connectivity index (χ3n) is 2.79. The van der Waals surface area contributed by atoms with Gasteiger partial charge in [0.15, 0.2) is 5.92 Å². The number of aliphatic imine (C=N–C) groups is 1. The lowest BCUT2D eigenvalue weighted by Crippen LogP contribution is -3.04. The topological polar surface area (TPSA) is 66.9 Å². The maximum atomic E-state index is 11.4. The van der Waals surface area contributed by atoms with Crippen LogP contribution in [0.15, 0.2) is 29.3 Å². The van der Waals surface area contributed by atoms with E-state index in [1.807, 2.05) is 18.2 Å². The number of nitriles is 1. The maximum Gasteiger partial charge on any atom is 0.328 e. The summed E-state index contributed by atoms with van der Waals surface area (Å²) in [7, 11) is 4.21. The van der Waals surface area contributed by atoms with Gasteiger partial charge in [0, 0.05) is 11.8 Å². The summed E-state index contributed by atoms with van der Waals surface area (Å²) in [6.07, 6.45) is 1.36. The number of carbonyl (C=O) groups is 1. The van der Waals surface area contributed by atoms with Crippen LogP contribution in [0, 0.1) is 17.2 Å². The fourth-order valence-electron chi connectivity index (χ4n) is 1.81. The zero-order valence-corrected chi connectivity index (χ0v) is 12.8. The Morgan fingerprint density at radius 2 is 2.00 bits per heavy atom. The van der Waals surface area contributed by atoms with Crippen molar-refractivity contribution in [1.29, 1.82) is 5.26 Å². The molecule has 1 N–H and O–H groups in total. The van der Waals surface area contributed by atoms with Gasteiger partial charge >= 0.3 is 5.97 Å². The molecule has 0 fully saturated rings. The molecule has 1 aromatic rings. The molecule has 0 bridgehead atoms. The lowest BCUT2D eigenvalue weighted by atomic mass is 10.1. The van der Waals surface area contributed by atoms with Crippen LogP contribution in [0.3, 0.4) is 0 Å². The molecule has 21 heavy (non-hydrogen) atoms. The molecule has 0 radical (unpaired) electrons. The molecule has 1 atom stereocenters. The molecule has 0 aliphatic heterocycles. The summed E-state index contributed by atoms with van der Waals surface area (Å²) < 4.78 is 4.80. The van der Waals surface area contributed by atoms with Gasteiger partial charge in [-0.2, -0.15) is 5.26 Å². The van der Waals surface area contributed by atoms with Gasteiger partial charge in [-0.3, -0.25) is 9.79 Å². The Balaban J connectivity index is 2.56. The normalized spacial score (nSPS) is 12.3. The first-order valence-electron chi connectivity index (χ1n) is 6.99. The number of nitrogens with zero attached hydrogens (tertiary/aromatic N) is 2. The SMILES string of the molecule is CCOC(=O)[C@H](C#N)C=NCc1ccc(C[NH+](C)C)cc1. The van der Waals surface area contributed by atoms with Gasteiger partial charge in [-0.05, 0) is 12.5 Å². The molecule has 0 unspecified atom stereocenters. The van der Waals surface area contributed by atoms with Crippen LogP contribution < -0.4 is 4.90 Å². The summed E-state index contributed by atoms with van der Waals surface area (Å²) in [6.45, 7) is 3.40. The Kier molecular flexibility index (Phi) is 7.13. The maximum absolute atomic E-state index is 11.4. The van der Waals surface area contributed by atoms with Crippen LogP contribution in [0.1, 0.15) is 18.1 Å². The lowest BCUT2D eigenvalue weighted by Gasteiger charge is -2.07. The van der Waals surface area contributed by atoms with E-state index in [1.165, 1.54) is 16.7 Å². The van der Waals surface area contributed by atoms with Crippen LogP contribution in [0.2, 0.25) is 0 Å². The van der Waals surface area contributed by atoms with Crippen molar-refractivity contribution in [3.05, 3.63) is 35.4 Å². The van der Waals surface area contributed by atoms with Gasteiger partial charge < -0.3 is 9.64 Å². The van der Waals surface area contributed by atoms with Gasteiger partial charge in [0.2, 0.25) is 0 Å². The molecule has 0 amide bonds. The van der Waals surface area contributed by atoms with E-state index < -0.39 is 11.9 Å². The van der Waals surface area contributed by atoms with Crippen LogP contribution in [0.5, 0.6) is 0 Å². The smallest absolute Gasteiger partial charge is 0.328 e. The molecule has 5 nitrogen and oxygen atoms in total. The van der Waals surface area contributed by atoms with Crippen LogP contribution >= 0.6 is 0 Å². The van der Waals surface area contributed by atoms with Gasteiger partial charge in [0.1, 0.15) is 6.54 Å².